The van der Waals surface area contributed by atoms with Gasteiger partial charge in [-0.1, -0.05) is 76.5 Å². The molecule has 162 valence electrons. The average Bonchev–Trinajstić information content (AvgIpc) is 2.87. The largest absolute Gasteiger partial charge is 0.499 e. The Morgan fingerprint density at radius 3 is 2.04 bits per heavy atom. The number of ether oxygens (including phenoxy) is 1. The zero-order valence-electron chi connectivity index (χ0n) is 15.3. The molecule has 1 aliphatic heterocycles. The fourth-order valence-electron chi connectivity index (χ4n) is 2.19. The number of imide groups is 1. The van der Waals surface area contributed by atoms with E-state index in [1.807, 2.05) is 0 Å². The number of hydrogen-bond donors (Lipinski definition) is 1. The van der Waals surface area contributed by atoms with Crippen molar-refractivity contribution < 1.29 is 19.1 Å². The van der Waals surface area contributed by atoms with E-state index in [4.69, 9.17) is 74.3 Å². The molecule has 0 fully saturated rings. The summed E-state index contributed by atoms with van der Waals surface area (Å²) < 4.78 is 2.24. The quantitative estimate of drug-likeness (QED) is 0.489. The molecule has 1 heterocycles. The van der Waals surface area contributed by atoms with Crippen LogP contribution in [0.4, 0.5) is 0 Å². The Morgan fingerprint density at radius 2 is 1.64 bits per heavy atom. The standard InChI is InChI=1S/C13H15Cl6NO3.C3H7NO/c1-23-9-7-11(22)20(8(9)4-6-13(17,18)19)10(21)3-2-5-12(14,15)16;1-2-3(4)5/h7-8H,2-6H2,1H3;2H2,1H3,(H2,4,5). The molecule has 6 nitrogen and oxygen atoms in total. The van der Waals surface area contributed by atoms with Gasteiger partial charge in [-0.3, -0.25) is 19.3 Å². The third-order valence-corrected chi connectivity index (χ3v) is 4.68. The number of hydrogen-bond acceptors (Lipinski definition) is 4. The summed E-state index contributed by atoms with van der Waals surface area (Å²) in [6.07, 6.45) is 2.74. The van der Waals surface area contributed by atoms with Gasteiger partial charge in [-0.05, 0) is 25.7 Å². The smallest absolute Gasteiger partial charge is 0.257 e. The summed E-state index contributed by atoms with van der Waals surface area (Å²) in [7, 11) is 1.41. The Morgan fingerprint density at radius 1 is 1.14 bits per heavy atom. The van der Waals surface area contributed by atoms with Crippen molar-refractivity contribution in [3.05, 3.63) is 11.8 Å². The van der Waals surface area contributed by atoms with E-state index in [0.717, 1.165) is 4.90 Å². The van der Waals surface area contributed by atoms with Crippen molar-refractivity contribution in [1.82, 2.24) is 4.90 Å². The van der Waals surface area contributed by atoms with Gasteiger partial charge in [0.15, 0.2) is 7.59 Å². The molecule has 28 heavy (non-hydrogen) atoms. The lowest BCUT2D eigenvalue weighted by atomic mass is 10.1. The Balaban J connectivity index is 0.00000129. The predicted octanol–water partition coefficient (Wildman–Crippen LogP) is 4.83. The molecule has 1 atom stereocenters. The lowest BCUT2D eigenvalue weighted by molar-refractivity contribution is -0.143. The highest BCUT2D eigenvalue weighted by Crippen LogP contribution is 2.36. The minimum atomic E-state index is -1.48. The van der Waals surface area contributed by atoms with E-state index in [9.17, 15) is 14.4 Å². The molecule has 0 spiro atoms. The first-order chi connectivity index (χ1) is 12.7. The van der Waals surface area contributed by atoms with Gasteiger partial charge < -0.3 is 10.5 Å². The zero-order valence-corrected chi connectivity index (χ0v) is 19.9. The summed E-state index contributed by atoms with van der Waals surface area (Å²) in [6, 6.07) is -0.594. The molecule has 0 aromatic heterocycles. The molecule has 1 aliphatic rings. The highest BCUT2D eigenvalue weighted by Gasteiger charge is 2.39. The number of carbonyl (C=O) groups excluding carboxylic acids is 3. The minimum Gasteiger partial charge on any atom is -0.499 e. The Kier molecular flexibility index (Phi) is 12.5. The van der Waals surface area contributed by atoms with Crippen LogP contribution in [0.15, 0.2) is 11.8 Å². The molecule has 1 unspecified atom stereocenters. The first kappa shape index (κ1) is 27.9. The molecule has 0 aliphatic carbocycles. The van der Waals surface area contributed by atoms with Gasteiger partial charge in [-0.25, -0.2) is 0 Å². The van der Waals surface area contributed by atoms with Gasteiger partial charge >= 0.3 is 0 Å². The first-order valence-electron chi connectivity index (χ1n) is 8.25. The molecule has 0 bridgehead atoms. The van der Waals surface area contributed by atoms with Crippen LogP contribution in [0.3, 0.4) is 0 Å². The second kappa shape index (κ2) is 12.6. The lowest BCUT2D eigenvalue weighted by Gasteiger charge is -2.26. The van der Waals surface area contributed by atoms with Gasteiger partial charge in [0.25, 0.3) is 5.91 Å². The van der Waals surface area contributed by atoms with E-state index in [0.29, 0.717) is 18.6 Å². The van der Waals surface area contributed by atoms with Crippen molar-refractivity contribution in [3.63, 3.8) is 0 Å². The van der Waals surface area contributed by atoms with Crippen LogP contribution in [0.5, 0.6) is 0 Å². The van der Waals surface area contributed by atoms with E-state index in [2.05, 4.69) is 5.73 Å². The summed E-state index contributed by atoms with van der Waals surface area (Å²) in [5.41, 5.74) is 4.65. The number of nitrogens with zero attached hydrogens (tertiary/aromatic N) is 1. The number of halogens is 6. The van der Waals surface area contributed by atoms with E-state index < -0.39 is 19.5 Å². The lowest BCUT2D eigenvalue weighted by Crippen LogP contribution is -2.41. The van der Waals surface area contributed by atoms with Crippen LogP contribution in [0.1, 0.15) is 45.4 Å². The van der Waals surface area contributed by atoms with Gasteiger partial charge in [-0.15, -0.1) is 0 Å². The maximum Gasteiger partial charge on any atom is 0.257 e. The summed E-state index contributed by atoms with van der Waals surface area (Å²) in [6.45, 7) is 1.72. The Hall–Kier alpha value is -0.110. The normalized spacial score (nSPS) is 17.0. The maximum atomic E-state index is 12.3. The fraction of sp³-hybridized carbons (Fsp3) is 0.688. The number of alkyl halides is 6. The first-order valence-corrected chi connectivity index (χ1v) is 10.5. The van der Waals surface area contributed by atoms with Crippen LogP contribution in [-0.4, -0.2) is 43.4 Å². The van der Waals surface area contributed by atoms with Crippen LogP contribution in [0.2, 0.25) is 0 Å². The monoisotopic (exact) mass is 516 g/mol. The van der Waals surface area contributed by atoms with Crippen LogP contribution < -0.4 is 5.73 Å². The molecule has 12 heteroatoms. The average molecular weight is 519 g/mol. The number of methoxy groups -OCH3 is 1. The van der Waals surface area contributed by atoms with Gasteiger partial charge in [0.2, 0.25) is 11.8 Å². The topological polar surface area (TPSA) is 89.7 Å². The number of rotatable bonds is 7. The van der Waals surface area contributed by atoms with Crippen LogP contribution in [-0.2, 0) is 19.1 Å². The Bertz CT molecular complexity index is 587. The predicted molar refractivity (Wildman–Crippen MR) is 114 cm³/mol. The summed E-state index contributed by atoms with van der Waals surface area (Å²) >= 11 is 34.1. The molecule has 2 N–H and O–H groups in total. The fourth-order valence-corrected chi connectivity index (χ4v) is 2.92. The molecular formula is C16H22Cl6N2O4. The number of carbonyl (C=O) groups is 3. The molecule has 0 saturated heterocycles. The van der Waals surface area contributed by atoms with Gasteiger partial charge in [0, 0.05) is 18.9 Å². The van der Waals surface area contributed by atoms with E-state index in [1.165, 1.54) is 13.2 Å². The molecule has 0 aromatic carbocycles. The summed E-state index contributed by atoms with van der Waals surface area (Å²) in [5, 5.41) is 0. The van der Waals surface area contributed by atoms with Crippen molar-refractivity contribution in [2.75, 3.05) is 7.11 Å². The molecule has 0 saturated carbocycles. The van der Waals surface area contributed by atoms with Crippen molar-refractivity contribution in [2.45, 2.75) is 59.1 Å². The maximum absolute atomic E-state index is 12.3. The molecular weight excluding hydrogens is 497 g/mol. The highest BCUT2D eigenvalue weighted by molar-refractivity contribution is 6.67. The second-order valence-corrected chi connectivity index (χ2v) is 10.8. The molecule has 0 aromatic rings. The van der Waals surface area contributed by atoms with Crippen molar-refractivity contribution in [2.24, 2.45) is 5.73 Å². The summed E-state index contributed by atoms with van der Waals surface area (Å²) in [4.78, 5) is 35.1. The van der Waals surface area contributed by atoms with E-state index >= 15 is 0 Å². The van der Waals surface area contributed by atoms with Gasteiger partial charge in [-0.2, -0.15) is 0 Å². The third kappa shape index (κ3) is 11.8. The minimum absolute atomic E-state index is 0.0642. The van der Waals surface area contributed by atoms with Crippen molar-refractivity contribution in [1.29, 1.82) is 0 Å². The molecule has 0 radical (unpaired) electrons. The highest BCUT2D eigenvalue weighted by atomic mass is 35.6. The van der Waals surface area contributed by atoms with Gasteiger partial charge in [0.1, 0.15) is 5.76 Å². The van der Waals surface area contributed by atoms with Crippen molar-refractivity contribution in [3.8, 4) is 0 Å². The third-order valence-electron chi connectivity index (χ3n) is 3.55. The van der Waals surface area contributed by atoms with Crippen molar-refractivity contribution >= 4 is 87.3 Å². The number of nitrogens with two attached hydrogens (primary N) is 1. The zero-order chi connectivity index (χ0) is 22.1. The number of primary amides is 1. The van der Waals surface area contributed by atoms with Gasteiger partial charge in [0.05, 0.1) is 13.2 Å². The molecule has 1 rings (SSSR count). The Labute approximate surface area is 194 Å². The summed E-state index contributed by atoms with van der Waals surface area (Å²) in [5.74, 6) is -0.735. The van der Waals surface area contributed by atoms with E-state index in [-0.39, 0.29) is 37.5 Å². The molecule has 3 amide bonds. The second-order valence-electron chi connectivity index (χ2n) is 5.81. The number of amides is 3. The van der Waals surface area contributed by atoms with E-state index in [1.54, 1.807) is 6.92 Å². The van der Waals surface area contributed by atoms with Crippen LogP contribution in [0.25, 0.3) is 0 Å². The SMILES string of the molecule is CCC(N)=O.COC1=CC(=O)N(C(=O)CCCC(Cl)(Cl)Cl)C1CCC(Cl)(Cl)Cl. The van der Waals surface area contributed by atoms with Crippen LogP contribution in [0, 0.1) is 0 Å². The van der Waals surface area contributed by atoms with Crippen LogP contribution >= 0.6 is 69.6 Å².